The van der Waals surface area contributed by atoms with Crippen molar-refractivity contribution in [3.8, 4) is 11.5 Å². The molecule has 0 saturated heterocycles. The van der Waals surface area contributed by atoms with Gasteiger partial charge >= 0.3 is 0 Å². The largest absolute Gasteiger partial charge is 0.493 e. The summed E-state index contributed by atoms with van der Waals surface area (Å²) < 4.78 is 10.9. The van der Waals surface area contributed by atoms with Crippen LogP contribution in [0.1, 0.15) is 24.1 Å². The average Bonchev–Trinajstić information content (AvgIpc) is 2.64. The molecule has 0 bridgehead atoms. The molecule has 1 heterocycles. The van der Waals surface area contributed by atoms with Crippen molar-refractivity contribution in [3.63, 3.8) is 0 Å². The van der Waals surface area contributed by atoms with Crippen LogP contribution in [0.15, 0.2) is 30.3 Å². The van der Waals surface area contributed by atoms with Crippen molar-refractivity contribution in [2.45, 2.75) is 19.4 Å². The molecule has 26 heavy (non-hydrogen) atoms. The number of halogens is 2. The second kappa shape index (κ2) is 7.91. The number of ether oxygens (including phenoxy) is 2. The van der Waals surface area contributed by atoms with E-state index in [-0.39, 0.29) is 6.04 Å². The van der Waals surface area contributed by atoms with Crippen molar-refractivity contribution in [1.82, 2.24) is 4.90 Å². The van der Waals surface area contributed by atoms with E-state index in [1.54, 1.807) is 32.4 Å². The maximum absolute atomic E-state index is 6.24. The Morgan fingerprint density at radius 3 is 2.54 bits per heavy atom. The second-order valence-corrected chi connectivity index (χ2v) is 7.31. The fraction of sp³-hybridized carbons (Fsp3) is 0.316. The summed E-state index contributed by atoms with van der Waals surface area (Å²) in [5, 5.41) is 5.01. The highest BCUT2D eigenvalue weighted by atomic mass is 35.5. The molecule has 0 spiro atoms. The molecule has 1 atom stereocenters. The van der Waals surface area contributed by atoms with Crippen molar-refractivity contribution in [2.75, 3.05) is 26.1 Å². The zero-order valence-electron chi connectivity index (χ0n) is 14.8. The summed E-state index contributed by atoms with van der Waals surface area (Å²) in [4.78, 5) is 2.14. The van der Waals surface area contributed by atoms with Crippen LogP contribution in [0.5, 0.6) is 11.5 Å². The Morgan fingerprint density at radius 1 is 1.15 bits per heavy atom. The lowest BCUT2D eigenvalue weighted by Gasteiger charge is -2.37. The Labute approximate surface area is 169 Å². The van der Waals surface area contributed by atoms with Crippen LogP contribution in [-0.4, -0.2) is 30.8 Å². The summed E-state index contributed by atoms with van der Waals surface area (Å²) in [5.74, 6) is 1.47. The second-order valence-electron chi connectivity index (χ2n) is 6.08. The minimum absolute atomic E-state index is 0.0940. The number of thiocarbonyl (C=S) groups is 1. The van der Waals surface area contributed by atoms with Crippen LogP contribution < -0.4 is 14.8 Å². The molecule has 1 aliphatic heterocycles. The monoisotopic (exact) mass is 410 g/mol. The van der Waals surface area contributed by atoms with E-state index in [1.165, 1.54) is 11.1 Å². The first-order valence-corrected chi connectivity index (χ1v) is 9.38. The maximum Gasteiger partial charge on any atom is 0.173 e. The van der Waals surface area contributed by atoms with Gasteiger partial charge in [-0.05, 0) is 67.0 Å². The van der Waals surface area contributed by atoms with Gasteiger partial charge in [-0.2, -0.15) is 0 Å². The molecule has 3 rings (SSSR count). The number of hydrogen-bond acceptors (Lipinski definition) is 3. The average molecular weight is 411 g/mol. The van der Waals surface area contributed by atoms with Gasteiger partial charge in [-0.25, -0.2) is 0 Å². The molecule has 138 valence electrons. The molecule has 2 aromatic carbocycles. The molecule has 0 saturated carbocycles. The Balaban J connectivity index is 1.85. The fourth-order valence-electron chi connectivity index (χ4n) is 3.20. The number of nitrogens with one attached hydrogen (secondary N) is 1. The van der Waals surface area contributed by atoms with Crippen molar-refractivity contribution in [2.24, 2.45) is 0 Å². The maximum atomic E-state index is 6.24. The number of fused-ring (bicyclic) bond motifs is 1. The van der Waals surface area contributed by atoms with Crippen molar-refractivity contribution in [3.05, 3.63) is 51.5 Å². The van der Waals surface area contributed by atoms with Crippen molar-refractivity contribution >= 4 is 46.2 Å². The number of anilines is 1. The third kappa shape index (κ3) is 3.70. The zero-order chi connectivity index (χ0) is 18.8. The zero-order valence-corrected chi connectivity index (χ0v) is 17.1. The van der Waals surface area contributed by atoms with Crippen LogP contribution in [0.4, 0.5) is 5.69 Å². The highest BCUT2D eigenvalue weighted by Crippen LogP contribution is 2.38. The van der Waals surface area contributed by atoms with Crippen molar-refractivity contribution in [1.29, 1.82) is 0 Å². The molecule has 0 fully saturated rings. The van der Waals surface area contributed by atoms with Crippen LogP contribution >= 0.6 is 35.4 Å². The highest BCUT2D eigenvalue weighted by molar-refractivity contribution is 7.80. The minimum Gasteiger partial charge on any atom is -0.493 e. The van der Waals surface area contributed by atoms with Crippen LogP contribution in [-0.2, 0) is 6.42 Å². The summed E-state index contributed by atoms with van der Waals surface area (Å²) in [6, 6.07) is 9.44. The number of hydrogen-bond donors (Lipinski definition) is 1. The van der Waals surface area contributed by atoms with Gasteiger partial charge in [0.25, 0.3) is 0 Å². The Bertz CT molecular complexity index is 845. The van der Waals surface area contributed by atoms with Gasteiger partial charge in [-0.15, -0.1) is 0 Å². The third-order valence-electron chi connectivity index (χ3n) is 4.62. The highest BCUT2D eigenvalue weighted by Gasteiger charge is 2.27. The predicted octanol–water partition coefficient (Wildman–Crippen LogP) is 5.33. The van der Waals surface area contributed by atoms with E-state index in [9.17, 15) is 0 Å². The van der Waals surface area contributed by atoms with E-state index < -0.39 is 0 Å². The molecule has 2 aromatic rings. The molecule has 0 radical (unpaired) electrons. The summed E-state index contributed by atoms with van der Waals surface area (Å²) in [7, 11) is 3.29. The number of rotatable bonds is 3. The molecule has 0 aliphatic carbocycles. The predicted molar refractivity (Wildman–Crippen MR) is 111 cm³/mol. The molecular formula is C19H20Cl2N2O2S. The Kier molecular flexibility index (Phi) is 5.80. The molecule has 4 nitrogen and oxygen atoms in total. The van der Waals surface area contributed by atoms with Crippen molar-refractivity contribution < 1.29 is 9.47 Å². The standard InChI is InChI=1S/C19H20Cl2N2O2S/c1-11-14-10-18(25-3)17(24-2)8-12(14)6-7-23(11)19(26)22-16-9-13(20)4-5-15(16)21/h4-5,8-11H,6-7H2,1-3H3,(H,22,26)/t11-/m0/s1. The van der Waals surface area contributed by atoms with Crippen LogP contribution in [0.25, 0.3) is 0 Å². The van der Waals surface area contributed by atoms with Crippen LogP contribution in [0, 0.1) is 0 Å². The SMILES string of the molecule is COc1cc2c(cc1OC)[C@H](C)N(C(=S)Nc1cc(Cl)ccc1Cl)CC2. The fourth-order valence-corrected chi connectivity index (χ4v) is 3.90. The van der Waals surface area contributed by atoms with Gasteiger partial charge in [-0.1, -0.05) is 23.2 Å². The summed E-state index contributed by atoms with van der Waals surface area (Å²) >= 11 is 17.9. The summed E-state index contributed by atoms with van der Waals surface area (Å²) in [6.45, 7) is 2.92. The van der Waals surface area contributed by atoms with Crippen LogP contribution in [0.2, 0.25) is 10.0 Å². The molecule has 7 heteroatoms. The normalized spacial score (nSPS) is 16.0. The first kappa shape index (κ1) is 19.1. The summed E-state index contributed by atoms with van der Waals surface area (Å²) in [6.07, 6.45) is 0.866. The number of benzene rings is 2. The topological polar surface area (TPSA) is 33.7 Å². The molecule has 0 unspecified atom stereocenters. The molecule has 1 aliphatic rings. The number of methoxy groups -OCH3 is 2. The van der Waals surface area contributed by atoms with E-state index in [4.69, 9.17) is 44.9 Å². The lowest BCUT2D eigenvalue weighted by molar-refractivity contribution is 0.316. The minimum atomic E-state index is 0.0940. The van der Waals surface area contributed by atoms with Gasteiger partial charge in [0.15, 0.2) is 16.6 Å². The third-order valence-corrected chi connectivity index (χ3v) is 5.52. The van der Waals surface area contributed by atoms with Gasteiger partial charge < -0.3 is 19.7 Å². The van der Waals surface area contributed by atoms with Gasteiger partial charge in [0.05, 0.1) is 31.0 Å². The first-order valence-electron chi connectivity index (χ1n) is 8.22. The van der Waals surface area contributed by atoms with Gasteiger partial charge in [0.1, 0.15) is 0 Å². The molecule has 1 N–H and O–H groups in total. The van der Waals surface area contributed by atoms with Gasteiger partial charge in [0, 0.05) is 11.6 Å². The van der Waals surface area contributed by atoms with Gasteiger partial charge in [0.2, 0.25) is 0 Å². The van der Waals surface area contributed by atoms with E-state index in [0.717, 1.165) is 24.5 Å². The first-order chi connectivity index (χ1) is 12.4. The lowest BCUT2D eigenvalue weighted by Crippen LogP contribution is -2.41. The molecular weight excluding hydrogens is 391 g/mol. The smallest absolute Gasteiger partial charge is 0.173 e. The van der Waals surface area contributed by atoms with E-state index >= 15 is 0 Å². The molecule has 0 aromatic heterocycles. The van der Waals surface area contributed by atoms with E-state index in [1.807, 2.05) is 12.1 Å². The van der Waals surface area contributed by atoms with E-state index in [0.29, 0.717) is 20.8 Å². The Hall–Kier alpha value is -1.69. The lowest BCUT2D eigenvalue weighted by atomic mass is 9.93. The van der Waals surface area contributed by atoms with Gasteiger partial charge in [-0.3, -0.25) is 0 Å². The van der Waals surface area contributed by atoms with E-state index in [2.05, 4.69) is 17.1 Å². The van der Waals surface area contributed by atoms with Crippen LogP contribution in [0.3, 0.4) is 0 Å². The summed E-state index contributed by atoms with van der Waals surface area (Å²) in [5.41, 5.74) is 3.12. The quantitative estimate of drug-likeness (QED) is 0.691. The Morgan fingerprint density at radius 2 is 1.85 bits per heavy atom. The molecule has 0 amide bonds. The number of nitrogens with zero attached hydrogens (tertiary/aromatic N) is 1.